The monoisotopic (exact) mass is 441 g/mol. The molecule has 2 heterocycles. The Hall–Kier alpha value is -3.26. The summed E-state index contributed by atoms with van der Waals surface area (Å²) >= 11 is 0. The van der Waals surface area contributed by atoms with Crippen molar-refractivity contribution < 1.29 is 14.0 Å². The fraction of sp³-hybridized carbons (Fsp3) is 0.375. The molecule has 1 saturated heterocycles. The smallest absolute Gasteiger partial charge is 0.269 e. The molecule has 0 radical (unpaired) electrons. The van der Waals surface area contributed by atoms with E-state index in [-0.39, 0.29) is 22.6 Å². The molecule has 2 aliphatic heterocycles. The Morgan fingerprint density at radius 3 is 2.88 bits per heavy atom. The molecule has 2 aliphatic rings. The molecule has 5 N–H and O–H groups in total. The molecule has 2 rings (SSSR count). The Bertz CT molecular complexity index is 925. The molecular weight excluding hydrogens is 409 g/mol. The summed E-state index contributed by atoms with van der Waals surface area (Å²) in [5.74, 6) is -1.54. The predicted octanol–water partition coefficient (Wildman–Crippen LogP) is 2.77. The number of likely N-dealkylation sites (tertiary alicyclic amines) is 1. The summed E-state index contributed by atoms with van der Waals surface area (Å²) < 4.78 is 13.6. The number of allylic oxidation sites excluding steroid dienone is 6. The lowest BCUT2D eigenvalue weighted by Crippen LogP contribution is -2.38. The van der Waals surface area contributed by atoms with Crippen LogP contribution in [0, 0.1) is 5.41 Å². The first-order valence-electron chi connectivity index (χ1n) is 10.7. The van der Waals surface area contributed by atoms with Crippen LogP contribution >= 0.6 is 0 Å². The first-order chi connectivity index (χ1) is 15.3. The summed E-state index contributed by atoms with van der Waals surface area (Å²) in [6.45, 7) is 6.72. The van der Waals surface area contributed by atoms with Crippen LogP contribution in [-0.2, 0) is 9.59 Å². The van der Waals surface area contributed by atoms with Crippen molar-refractivity contribution >= 4 is 17.5 Å². The van der Waals surface area contributed by atoms with Crippen LogP contribution in [0.1, 0.15) is 33.1 Å². The van der Waals surface area contributed by atoms with Crippen LogP contribution in [0.2, 0.25) is 0 Å². The van der Waals surface area contributed by atoms with E-state index in [1.165, 1.54) is 36.1 Å². The SMILES string of the molecule is C/C=C1\CCCN(CCNC(=O)C(=N)/C(C)=C(N)/C=C2/C=C/C(F)=C\C=C\NC2=O)CC1. The Morgan fingerprint density at radius 1 is 1.34 bits per heavy atom. The maximum atomic E-state index is 13.6. The van der Waals surface area contributed by atoms with E-state index < -0.39 is 17.6 Å². The maximum absolute atomic E-state index is 13.6. The molecule has 0 bridgehead atoms. The predicted molar refractivity (Wildman–Crippen MR) is 125 cm³/mol. The van der Waals surface area contributed by atoms with Crippen LogP contribution < -0.4 is 16.4 Å². The van der Waals surface area contributed by atoms with Crippen molar-refractivity contribution in [3.05, 3.63) is 70.9 Å². The van der Waals surface area contributed by atoms with Gasteiger partial charge in [-0.15, -0.1) is 0 Å². The van der Waals surface area contributed by atoms with E-state index in [4.69, 9.17) is 11.1 Å². The van der Waals surface area contributed by atoms with Crippen molar-refractivity contribution in [3.8, 4) is 0 Å². The third-order valence-electron chi connectivity index (χ3n) is 5.44. The second kappa shape index (κ2) is 12.6. The van der Waals surface area contributed by atoms with Crippen molar-refractivity contribution in [2.24, 2.45) is 5.73 Å². The Labute approximate surface area is 188 Å². The van der Waals surface area contributed by atoms with Crippen molar-refractivity contribution in [1.29, 1.82) is 5.41 Å². The number of nitrogens with two attached hydrogens (primary N) is 1. The molecule has 0 aromatic carbocycles. The van der Waals surface area contributed by atoms with E-state index in [1.54, 1.807) is 6.92 Å². The summed E-state index contributed by atoms with van der Waals surface area (Å²) in [7, 11) is 0. The van der Waals surface area contributed by atoms with Crippen molar-refractivity contribution in [2.75, 3.05) is 26.2 Å². The molecular formula is C24H32FN5O2. The van der Waals surface area contributed by atoms with Crippen LogP contribution in [0.4, 0.5) is 4.39 Å². The molecule has 8 heteroatoms. The highest BCUT2D eigenvalue weighted by Gasteiger charge is 2.16. The quantitative estimate of drug-likeness (QED) is 0.288. The topological polar surface area (TPSA) is 111 Å². The van der Waals surface area contributed by atoms with Gasteiger partial charge in [-0.2, -0.15) is 0 Å². The minimum absolute atomic E-state index is 0.0824. The molecule has 1 fully saturated rings. The Morgan fingerprint density at radius 2 is 2.12 bits per heavy atom. The minimum Gasteiger partial charge on any atom is -0.398 e. The number of hydrogen-bond acceptors (Lipinski definition) is 5. The van der Waals surface area contributed by atoms with Crippen molar-refractivity contribution in [3.63, 3.8) is 0 Å². The third kappa shape index (κ3) is 7.77. The van der Waals surface area contributed by atoms with Crippen molar-refractivity contribution in [1.82, 2.24) is 15.5 Å². The average Bonchev–Trinajstić information content (AvgIpc) is 2.98. The van der Waals surface area contributed by atoms with Crippen LogP contribution in [0.5, 0.6) is 0 Å². The molecule has 0 spiro atoms. The maximum Gasteiger partial charge on any atom is 0.269 e. The van der Waals surface area contributed by atoms with Crippen LogP contribution in [0.25, 0.3) is 0 Å². The zero-order valence-electron chi connectivity index (χ0n) is 18.7. The molecule has 7 nitrogen and oxygen atoms in total. The van der Waals surface area contributed by atoms with Crippen molar-refractivity contribution in [2.45, 2.75) is 33.1 Å². The molecule has 0 aromatic rings. The fourth-order valence-corrected chi connectivity index (χ4v) is 3.35. The normalized spacial score (nSPS) is 24.7. The van der Waals surface area contributed by atoms with Gasteiger partial charge in [-0.1, -0.05) is 11.6 Å². The van der Waals surface area contributed by atoms with E-state index in [0.717, 1.165) is 45.0 Å². The second-order valence-electron chi connectivity index (χ2n) is 7.67. The van der Waals surface area contributed by atoms with Gasteiger partial charge < -0.3 is 21.3 Å². The Kier molecular flexibility index (Phi) is 9.81. The number of hydrogen-bond donors (Lipinski definition) is 4. The highest BCUT2D eigenvalue weighted by atomic mass is 19.1. The zero-order valence-corrected chi connectivity index (χ0v) is 18.7. The first kappa shape index (κ1) is 25.0. The number of carbonyl (C=O) groups excluding carboxylic acids is 2. The van der Waals surface area contributed by atoms with Gasteiger partial charge in [0, 0.05) is 42.7 Å². The van der Waals surface area contributed by atoms with Gasteiger partial charge >= 0.3 is 0 Å². The van der Waals surface area contributed by atoms with Gasteiger partial charge in [-0.3, -0.25) is 15.0 Å². The molecule has 0 saturated carbocycles. The largest absolute Gasteiger partial charge is 0.398 e. The standard InChI is InChI=1S/C24H32FN5O2/c1-3-18-6-5-13-30(14-10-18)15-12-29-24(32)22(27)17(2)21(26)16-19-8-9-20(25)7-4-11-28-23(19)31/h3-4,7-9,11,16,27H,5-6,10,12-15,26H2,1-2H3,(H,28,31)(H,29,32)/b9-8+,11-4+,18-3+,19-16-,20-7+,21-17-,27-22?. The summed E-state index contributed by atoms with van der Waals surface area (Å²) in [6.07, 6.45) is 13.1. The van der Waals surface area contributed by atoms with Gasteiger partial charge in [0.25, 0.3) is 11.8 Å². The number of nitrogens with one attached hydrogen (secondary N) is 3. The summed E-state index contributed by atoms with van der Waals surface area (Å²) in [5.41, 5.74) is 7.65. The van der Waals surface area contributed by atoms with E-state index in [0.29, 0.717) is 6.54 Å². The second-order valence-corrected chi connectivity index (χ2v) is 7.67. The third-order valence-corrected chi connectivity index (χ3v) is 5.44. The van der Waals surface area contributed by atoms with Crippen LogP contribution in [0.3, 0.4) is 0 Å². The van der Waals surface area contributed by atoms with E-state index in [1.807, 2.05) is 0 Å². The number of halogens is 1. The molecule has 0 aromatic heterocycles. The molecule has 32 heavy (non-hydrogen) atoms. The van der Waals surface area contributed by atoms with E-state index in [9.17, 15) is 14.0 Å². The van der Waals surface area contributed by atoms with Gasteiger partial charge in [-0.05, 0) is 70.0 Å². The van der Waals surface area contributed by atoms with Gasteiger partial charge in [0.2, 0.25) is 0 Å². The highest BCUT2D eigenvalue weighted by molar-refractivity contribution is 6.44. The number of carbonyl (C=O) groups is 2. The first-order valence-corrected chi connectivity index (χ1v) is 10.7. The Balaban J connectivity index is 1.97. The molecule has 0 atom stereocenters. The number of amides is 2. The lowest BCUT2D eigenvalue weighted by Gasteiger charge is -2.19. The van der Waals surface area contributed by atoms with E-state index >= 15 is 0 Å². The molecule has 172 valence electrons. The van der Waals surface area contributed by atoms with Gasteiger partial charge in [0.15, 0.2) is 0 Å². The summed E-state index contributed by atoms with van der Waals surface area (Å²) in [4.78, 5) is 26.9. The van der Waals surface area contributed by atoms with Crippen LogP contribution in [-0.4, -0.2) is 48.6 Å². The number of nitrogens with zero attached hydrogens (tertiary/aromatic N) is 1. The molecule has 0 aliphatic carbocycles. The molecule has 2 amide bonds. The average molecular weight is 442 g/mol. The van der Waals surface area contributed by atoms with Gasteiger partial charge in [0.05, 0.1) is 0 Å². The lowest BCUT2D eigenvalue weighted by molar-refractivity contribution is -0.116. The van der Waals surface area contributed by atoms with E-state index in [2.05, 4.69) is 28.5 Å². The highest BCUT2D eigenvalue weighted by Crippen LogP contribution is 2.15. The summed E-state index contributed by atoms with van der Waals surface area (Å²) in [6, 6.07) is 0. The van der Waals surface area contributed by atoms with Gasteiger partial charge in [-0.25, -0.2) is 4.39 Å². The van der Waals surface area contributed by atoms with Gasteiger partial charge in [0.1, 0.15) is 11.5 Å². The van der Waals surface area contributed by atoms with Crippen LogP contribution in [0.15, 0.2) is 70.9 Å². The minimum atomic E-state index is -0.529. The zero-order chi connectivity index (χ0) is 23.5. The lowest BCUT2D eigenvalue weighted by atomic mass is 10.1. The molecule has 0 unspecified atom stereocenters. The fourth-order valence-electron chi connectivity index (χ4n) is 3.35. The summed E-state index contributed by atoms with van der Waals surface area (Å²) in [5, 5.41) is 13.4. The number of rotatable bonds is 6.